The molecule has 0 saturated carbocycles. The van der Waals surface area contributed by atoms with Crippen LogP contribution in [0.25, 0.3) is 0 Å². The van der Waals surface area contributed by atoms with Gasteiger partial charge in [0, 0.05) is 26.1 Å². The Morgan fingerprint density at radius 3 is 2.43 bits per heavy atom. The maximum atomic E-state index is 13.1. The number of hydrogen-bond donors (Lipinski definition) is 0. The Bertz CT molecular complexity index is 1200. The summed E-state index contributed by atoms with van der Waals surface area (Å²) < 4.78 is 81.1. The van der Waals surface area contributed by atoms with E-state index in [1.807, 2.05) is 20.8 Å². The second kappa shape index (κ2) is 11.3. The van der Waals surface area contributed by atoms with Gasteiger partial charge in [-0.2, -0.15) is 21.6 Å². The van der Waals surface area contributed by atoms with Crippen molar-refractivity contribution in [3.05, 3.63) is 53.6 Å². The highest BCUT2D eigenvalue weighted by atomic mass is 32.2. The smallest absolute Gasteiger partial charge is 0.416 e. The van der Waals surface area contributed by atoms with E-state index in [0.717, 1.165) is 31.0 Å². The highest BCUT2D eigenvalue weighted by molar-refractivity contribution is 7.87. The first kappa shape index (κ1) is 28.8. The van der Waals surface area contributed by atoms with Gasteiger partial charge in [-0.15, -0.1) is 0 Å². The maximum Gasteiger partial charge on any atom is 0.416 e. The first-order valence-electron chi connectivity index (χ1n) is 11.9. The standard InChI is InChI=1S/C26H32F3NO6S/c1-25(2,3)15-24(31)30(17-20-8-6-12-35-20)16-18-10-11-22(34-4)23(13-18)36-37(32,33)21-9-5-7-19(14-21)26(27,28)29/h5,7,9-11,13-14,20H,6,8,12,15-17H2,1-4H3. The third-order valence-corrected chi connectivity index (χ3v) is 6.96. The lowest BCUT2D eigenvalue weighted by molar-refractivity contribution is -0.138. The summed E-state index contributed by atoms with van der Waals surface area (Å²) in [6, 6.07) is 7.89. The van der Waals surface area contributed by atoms with Crippen LogP contribution in [0.1, 0.15) is 51.2 Å². The third-order valence-electron chi connectivity index (χ3n) is 5.73. The summed E-state index contributed by atoms with van der Waals surface area (Å²) in [5.41, 5.74) is -0.783. The Hall–Kier alpha value is -2.79. The molecule has 1 unspecified atom stereocenters. The van der Waals surface area contributed by atoms with Crippen LogP contribution in [0.5, 0.6) is 11.5 Å². The summed E-state index contributed by atoms with van der Waals surface area (Å²) in [6.07, 6.45) is -2.73. The van der Waals surface area contributed by atoms with E-state index in [-0.39, 0.29) is 35.5 Å². The lowest BCUT2D eigenvalue weighted by Crippen LogP contribution is -2.38. The molecule has 0 N–H and O–H groups in total. The van der Waals surface area contributed by atoms with E-state index in [1.54, 1.807) is 11.0 Å². The molecule has 3 rings (SSSR count). The van der Waals surface area contributed by atoms with Crippen molar-refractivity contribution in [1.29, 1.82) is 0 Å². The number of alkyl halides is 3. The fraction of sp³-hybridized carbons (Fsp3) is 0.500. The summed E-state index contributed by atoms with van der Waals surface area (Å²) in [4.78, 5) is 14.1. The summed E-state index contributed by atoms with van der Waals surface area (Å²) in [7, 11) is -3.30. The lowest BCUT2D eigenvalue weighted by atomic mass is 9.91. The summed E-state index contributed by atoms with van der Waals surface area (Å²) >= 11 is 0. The highest BCUT2D eigenvalue weighted by Crippen LogP contribution is 2.34. The molecule has 0 aromatic heterocycles. The summed E-state index contributed by atoms with van der Waals surface area (Å²) in [5.74, 6) is -0.193. The van der Waals surface area contributed by atoms with Gasteiger partial charge >= 0.3 is 16.3 Å². The second-order valence-electron chi connectivity index (χ2n) is 10.2. The predicted molar refractivity (Wildman–Crippen MR) is 131 cm³/mol. The zero-order valence-electron chi connectivity index (χ0n) is 21.3. The van der Waals surface area contributed by atoms with Crippen LogP contribution in [-0.4, -0.2) is 45.6 Å². The fourth-order valence-electron chi connectivity index (χ4n) is 3.95. The topological polar surface area (TPSA) is 82.1 Å². The van der Waals surface area contributed by atoms with E-state index in [9.17, 15) is 26.4 Å². The van der Waals surface area contributed by atoms with Crippen molar-refractivity contribution in [2.45, 2.75) is 63.8 Å². The molecule has 2 aromatic rings. The molecular formula is C26H32F3NO6S. The van der Waals surface area contributed by atoms with Gasteiger partial charge in [-0.1, -0.05) is 32.9 Å². The van der Waals surface area contributed by atoms with E-state index >= 15 is 0 Å². The molecular weight excluding hydrogens is 511 g/mol. The normalized spacial score (nSPS) is 16.5. The number of carbonyl (C=O) groups is 1. The maximum absolute atomic E-state index is 13.1. The molecule has 204 valence electrons. The van der Waals surface area contributed by atoms with E-state index < -0.39 is 26.8 Å². The summed E-state index contributed by atoms with van der Waals surface area (Å²) in [5, 5.41) is 0. The molecule has 7 nitrogen and oxygen atoms in total. The Balaban J connectivity index is 1.88. The molecule has 1 amide bonds. The van der Waals surface area contributed by atoms with Crippen LogP contribution >= 0.6 is 0 Å². The monoisotopic (exact) mass is 543 g/mol. The minimum Gasteiger partial charge on any atom is -0.493 e. The van der Waals surface area contributed by atoms with Crippen LogP contribution in [0.2, 0.25) is 0 Å². The molecule has 0 bridgehead atoms. The zero-order chi connectivity index (χ0) is 27.4. The first-order valence-corrected chi connectivity index (χ1v) is 13.3. The third kappa shape index (κ3) is 8.10. The number of hydrogen-bond acceptors (Lipinski definition) is 6. The highest BCUT2D eigenvalue weighted by Gasteiger charge is 2.32. The molecule has 1 saturated heterocycles. The van der Waals surface area contributed by atoms with Crippen molar-refractivity contribution in [2.75, 3.05) is 20.3 Å². The zero-order valence-corrected chi connectivity index (χ0v) is 22.1. The average molecular weight is 544 g/mol. The van der Waals surface area contributed by atoms with Gasteiger partial charge in [0.25, 0.3) is 0 Å². The number of ether oxygens (including phenoxy) is 2. The van der Waals surface area contributed by atoms with E-state index in [4.69, 9.17) is 13.7 Å². The largest absolute Gasteiger partial charge is 0.493 e. The molecule has 2 aromatic carbocycles. The van der Waals surface area contributed by atoms with Gasteiger partial charge < -0.3 is 18.6 Å². The minimum absolute atomic E-state index is 0.0714. The van der Waals surface area contributed by atoms with Gasteiger partial charge in [0.15, 0.2) is 11.5 Å². The van der Waals surface area contributed by atoms with E-state index in [0.29, 0.717) is 31.2 Å². The lowest BCUT2D eigenvalue weighted by Gasteiger charge is -2.29. The molecule has 0 radical (unpaired) electrons. The molecule has 0 aliphatic carbocycles. The Morgan fingerprint density at radius 1 is 1.11 bits per heavy atom. The number of halogens is 3. The van der Waals surface area contributed by atoms with Crippen LogP contribution in [-0.2, 0) is 32.4 Å². The molecule has 1 heterocycles. The Labute approximate surface area is 215 Å². The molecule has 11 heteroatoms. The van der Waals surface area contributed by atoms with Crippen molar-refractivity contribution >= 4 is 16.0 Å². The van der Waals surface area contributed by atoms with Crippen LogP contribution < -0.4 is 8.92 Å². The number of nitrogens with zero attached hydrogens (tertiary/aromatic N) is 1. The average Bonchev–Trinajstić information content (AvgIpc) is 3.30. The van der Waals surface area contributed by atoms with Crippen molar-refractivity contribution in [3.8, 4) is 11.5 Å². The fourth-order valence-corrected chi connectivity index (χ4v) is 4.93. The van der Waals surface area contributed by atoms with Crippen LogP contribution in [0, 0.1) is 5.41 Å². The van der Waals surface area contributed by atoms with Gasteiger partial charge in [-0.25, -0.2) is 0 Å². The molecule has 0 spiro atoms. The number of amides is 1. The number of rotatable bonds is 9. The molecule has 1 aliphatic rings. The van der Waals surface area contributed by atoms with Crippen molar-refractivity contribution in [2.24, 2.45) is 5.41 Å². The van der Waals surface area contributed by atoms with E-state index in [1.165, 1.54) is 19.2 Å². The van der Waals surface area contributed by atoms with Gasteiger partial charge in [0.1, 0.15) is 4.90 Å². The molecule has 37 heavy (non-hydrogen) atoms. The van der Waals surface area contributed by atoms with Crippen molar-refractivity contribution in [1.82, 2.24) is 4.90 Å². The summed E-state index contributed by atoms with van der Waals surface area (Å²) in [6.45, 7) is 7.09. The van der Waals surface area contributed by atoms with E-state index in [2.05, 4.69) is 0 Å². The number of methoxy groups -OCH3 is 1. The Kier molecular flexibility index (Phi) is 8.79. The van der Waals surface area contributed by atoms with Crippen LogP contribution in [0.3, 0.4) is 0 Å². The van der Waals surface area contributed by atoms with Crippen molar-refractivity contribution in [3.63, 3.8) is 0 Å². The SMILES string of the molecule is COc1ccc(CN(CC2CCCO2)C(=O)CC(C)(C)C)cc1OS(=O)(=O)c1cccc(C(F)(F)F)c1. The predicted octanol–water partition coefficient (Wildman–Crippen LogP) is 5.43. The van der Waals surface area contributed by atoms with Gasteiger partial charge in [0.05, 0.1) is 18.8 Å². The molecule has 1 atom stereocenters. The van der Waals surface area contributed by atoms with Gasteiger partial charge in [0.2, 0.25) is 5.91 Å². The Morgan fingerprint density at radius 2 is 1.84 bits per heavy atom. The quantitative estimate of drug-likeness (QED) is 0.393. The molecule has 1 fully saturated rings. The van der Waals surface area contributed by atoms with Gasteiger partial charge in [-0.05, 0) is 54.2 Å². The first-order chi connectivity index (χ1) is 17.2. The van der Waals surface area contributed by atoms with Crippen molar-refractivity contribution < 1.29 is 40.0 Å². The minimum atomic E-state index is -4.71. The van der Waals surface area contributed by atoms with Crippen LogP contribution in [0.4, 0.5) is 13.2 Å². The second-order valence-corrected chi connectivity index (χ2v) is 11.7. The molecule has 1 aliphatic heterocycles. The number of benzene rings is 2. The van der Waals surface area contributed by atoms with Crippen LogP contribution in [0.15, 0.2) is 47.4 Å². The number of carbonyl (C=O) groups excluding carboxylic acids is 1. The van der Waals surface area contributed by atoms with Gasteiger partial charge in [-0.3, -0.25) is 4.79 Å².